The largest absolute Gasteiger partial charge is 0.497 e. The Morgan fingerprint density at radius 3 is 2.10 bits per heavy atom. The Labute approximate surface area is 163 Å². The van der Waals surface area contributed by atoms with Gasteiger partial charge in [-0.15, -0.1) is 5.10 Å². The predicted molar refractivity (Wildman–Crippen MR) is 95.8 cm³/mol. The van der Waals surface area contributed by atoms with Crippen molar-refractivity contribution in [2.75, 3.05) is 20.5 Å². The highest BCUT2D eigenvalue weighted by Crippen LogP contribution is 2.33. The number of aromatic nitrogens is 4. The standard InChI is InChI=1S/C17H15F3N4O4S/c1-27-11-6-10(7-12(8-11)28-2)15-22-16(17(18,19)20)23-24(15)14-5-4-13(9-21-14)29(3,25)26/h4-9H,1-3H3. The van der Waals surface area contributed by atoms with Crippen LogP contribution < -0.4 is 9.47 Å². The van der Waals surface area contributed by atoms with Crippen LogP contribution in [0.25, 0.3) is 17.2 Å². The highest BCUT2D eigenvalue weighted by Gasteiger charge is 2.37. The van der Waals surface area contributed by atoms with E-state index in [-0.39, 0.29) is 22.1 Å². The minimum atomic E-state index is -4.80. The Kier molecular flexibility index (Phi) is 5.22. The highest BCUT2D eigenvalue weighted by molar-refractivity contribution is 7.90. The SMILES string of the molecule is COc1cc(OC)cc(-c2nc(C(F)(F)F)nn2-c2ccc(S(C)(=O)=O)cn2)c1. The second kappa shape index (κ2) is 7.35. The Bertz CT molecular complexity index is 1120. The maximum absolute atomic E-state index is 13.2. The fourth-order valence-corrected chi connectivity index (χ4v) is 2.99. The molecule has 0 unspecified atom stereocenters. The molecule has 0 fully saturated rings. The highest BCUT2D eigenvalue weighted by atomic mass is 32.2. The molecule has 3 rings (SSSR count). The molecule has 0 saturated carbocycles. The first-order valence-electron chi connectivity index (χ1n) is 7.97. The fourth-order valence-electron chi connectivity index (χ4n) is 2.43. The van der Waals surface area contributed by atoms with E-state index >= 15 is 0 Å². The Morgan fingerprint density at radius 1 is 1.03 bits per heavy atom. The first kappa shape index (κ1) is 20.6. The van der Waals surface area contributed by atoms with Crippen LogP contribution in [-0.2, 0) is 16.0 Å². The number of ether oxygens (including phenoxy) is 2. The van der Waals surface area contributed by atoms with Crippen molar-refractivity contribution in [2.24, 2.45) is 0 Å². The minimum Gasteiger partial charge on any atom is -0.497 e. The van der Waals surface area contributed by atoms with E-state index in [0.29, 0.717) is 11.5 Å². The molecule has 0 atom stereocenters. The minimum absolute atomic E-state index is 0.0443. The van der Waals surface area contributed by atoms with E-state index in [1.807, 2.05) is 0 Å². The summed E-state index contributed by atoms with van der Waals surface area (Å²) in [6.45, 7) is 0. The van der Waals surface area contributed by atoms with Gasteiger partial charge in [0.25, 0.3) is 5.82 Å². The molecule has 2 heterocycles. The van der Waals surface area contributed by atoms with Gasteiger partial charge in [0, 0.05) is 24.1 Å². The van der Waals surface area contributed by atoms with Gasteiger partial charge in [-0.05, 0) is 24.3 Å². The summed E-state index contributed by atoms with van der Waals surface area (Å²) in [7, 11) is -0.724. The summed E-state index contributed by atoms with van der Waals surface area (Å²) in [5.74, 6) is -0.916. The van der Waals surface area contributed by atoms with E-state index in [1.54, 1.807) is 6.07 Å². The predicted octanol–water partition coefficient (Wildman–Crippen LogP) is 2.77. The van der Waals surface area contributed by atoms with Crippen molar-refractivity contribution in [3.8, 4) is 28.7 Å². The van der Waals surface area contributed by atoms with Crippen LogP contribution in [0.3, 0.4) is 0 Å². The van der Waals surface area contributed by atoms with Gasteiger partial charge < -0.3 is 9.47 Å². The van der Waals surface area contributed by atoms with Gasteiger partial charge in [0.1, 0.15) is 11.5 Å². The quantitative estimate of drug-likeness (QED) is 0.617. The molecule has 0 aliphatic rings. The molecule has 0 spiro atoms. The zero-order valence-electron chi connectivity index (χ0n) is 15.4. The van der Waals surface area contributed by atoms with Crippen LogP contribution >= 0.6 is 0 Å². The lowest BCUT2D eigenvalue weighted by Crippen LogP contribution is -2.09. The van der Waals surface area contributed by atoms with Gasteiger partial charge in [0.2, 0.25) is 0 Å². The van der Waals surface area contributed by atoms with Crippen molar-refractivity contribution in [1.82, 2.24) is 19.7 Å². The zero-order chi connectivity index (χ0) is 21.4. The van der Waals surface area contributed by atoms with Crippen LogP contribution in [0.15, 0.2) is 41.4 Å². The van der Waals surface area contributed by atoms with E-state index in [0.717, 1.165) is 17.1 Å². The average Bonchev–Trinajstić information content (AvgIpc) is 3.13. The molecule has 0 aliphatic carbocycles. The van der Waals surface area contributed by atoms with Gasteiger partial charge in [0.15, 0.2) is 21.5 Å². The maximum Gasteiger partial charge on any atom is 0.453 e. The number of nitrogens with zero attached hydrogens (tertiary/aromatic N) is 4. The maximum atomic E-state index is 13.2. The summed E-state index contributed by atoms with van der Waals surface area (Å²) < 4.78 is 74.1. The molecule has 0 N–H and O–H groups in total. The van der Waals surface area contributed by atoms with Crippen molar-refractivity contribution in [2.45, 2.75) is 11.1 Å². The Morgan fingerprint density at radius 2 is 1.66 bits per heavy atom. The summed E-state index contributed by atoms with van der Waals surface area (Å²) >= 11 is 0. The summed E-state index contributed by atoms with van der Waals surface area (Å²) in [6.07, 6.45) is -2.76. The number of pyridine rings is 1. The third-order valence-electron chi connectivity index (χ3n) is 3.84. The van der Waals surface area contributed by atoms with Crippen molar-refractivity contribution in [1.29, 1.82) is 0 Å². The number of hydrogen-bond acceptors (Lipinski definition) is 7. The molecule has 1 aromatic carbocycles. The van der Waals surface area contributed by atoms with Gasteiger partial charge in [-0.2, -0.15) is 17.9 Å². The van der Waals surface area contributed by atoms with Gasteiger partial charge in [-0.25, -0.2) is 18.4 Å². The van der Waals surface area contributed by atoms with Crippen LogP contribution in [0, 0.1) is 0 Å². The molecule has 8 nitrogen and oxygen atoms in total. The summed E-state index contributed by atoms with van der Waals surface area (Å²) in [5.41, 5.74) is 0.234. The average molecular weight is 428 g/mol. The van der Waals surface area contributed by atoms with E-state index in [4.69, 9.17) is 9.47 Å². The van der Waals surface area contributed by atoms with Crippen molar-refractivity contribution in [3.05, 3.63) is 42.4 Å². The number of hydrogen-bond donors (Lipinski definition) is 0. The summed E-state index contributed by atoms with van der Waals surface area (Å²) in [4.78, 5) is 7.46. The third-order valence-corrected chi connectivity index (χ3v) is 4.93. The molecule has 0 bridgehead atoms. The van der Waals surface area contributed by atoms with Gasteiger partial charge >= 0.3 is 6.18 Å². The van der Waals surface area contributed by atoms with Crippen LogP contribution in [0.4, 0.5) is 13.2 Å². The molecule has 3 aromatic rings. The van der Waals surface area contributed by atoms with Crippen LogP contribution in [0.5, 0.6) is 11.5 Å². The van der Waals surface area contributed by atoms with Crippen molar-refractivity contribution < 1.29 is 31.1 Å². The second-order valence-corrected chi connectivity index (χ2v) is 7.91. The number of rotatable bonds is 5. The molecule has 29 heavy (non-hydrogen) atoms. The second-order valence-electron chi connectivity index (χ2n) is 5.89. The Hall–Kier alpha value is -3.15. The number of methoxy groups -OCH3 is 2. The first-order chi connectivity index (χ1) is 13.5. The van der Waals surface area contributed by atoms with Crippen LogP contribution in [0.2, 0.25) is 0 Å². The third kappa shape index (κ3) is 4.31. The van der Waals surface area contributed by atoms with E-state index in [1.165, 1.54) is 38.5 Å². The lowest BCUT2D eigenvalue weighted by Gasteiger charge is -2.09. The lowest BCUT2D eigenvalue weighted by molar-refractivity contribution is -0.144. The molecule has 0 saturated heterocycles. The summed E-state index contributed by atoms with van der Waals surface area (Å²) in [6, 6.07) is 6.95. The topological polar surface area (TPSA) is 96.2 Å². The van der Waals surface area contributed by atoms with Crippen LogP contribution in [-0.4, -0.2) is 48.6 Å². The molecular weight excluding hydrogens is 413 g/mol. The molecule has 2 aromatic heterocycles. The molecule has 0 aliphatic heterocycles. The van der Waals surface area contributed by atoms with Gasteiger partial charge in [0.05, 0.1) is 19.1 Å². The zero-order valence-corrected chi connectivity index (χ0v) is 16.2. The van der Waals surface area contributed by atoms with Gasteiger partial charge in [-0.3, -0.25) is 0 Å². The van der Waals surface area contributed by atoms with E-state index in [2.05, 4.69) is 15.1 Å². The number of sulfone groups is 1. The number of alkyl halides is 3. The number of benzene rings is 1. The summed E-state index contributed by atoms with van der Waals surface area (Å²) in [5, 5.41) is 3.52. The smallest absolute Gasteiger partial charge is 0.453 e. The monoisotopic (exact) mass is 428 g/mol. The number of halogens is 3. The van der Waals surface area contributed by atoms with Crippen LogP contribution in [0.1, 0.15) is 5.82 Å². The van der Waals surface area contributed by atoms with Gasteiger partial charge in [-0.1, -0.05) is 0 Å². The molecule has 0 amide bonds. The molecule has 154 valence electrons. The molecular formula is C17H15F3N4O4S. The fraction of sp³-hybridized carbons (Fsp3) is 0.235. The molecule has 12 heteroatoms. The van der Waals surface area contributed by atoms with E-state index < -0.39 is 21.8 Å². The lowest BCUT2D eigenvalue weighted by atomic mass is 10.2. The van der Waals surface area contributed by atoms with E-state index in [9.17, 15) is 21.6 Å². The first-order valence-corrected chi connectivity index (χ1v) is 9.86. The Balaban J connectivity index is 2.21. The normalized spacial score (nSPS) is 12.1. The van der Waals surface area contributed by atoms with Crippen molar-refractivity contribution in [3.63, 3.8) is 0 Å². The van der Waals surface area contributed by atoms with Crippen molar-refractivity contribution >= 4 is 9.84 Å². The molecule has 0 radical (unpaired) electrons.